The summed E-state index contributed by atoms with van der Waals surface area (Å²) in [6.45, 7) is 4.99. The highest BCUT2D eigenvalue weighted by Crippen LogP contribution is 2.21. The Morgan fingerprint density at radius 2 is 1.86 bits per heavy atom. The van der Waals surface area contributed by atoms with Gasteiger partial charge in [-0.1, -0.05) is 46.3 Å². The van der Waals surface area contributed by atoms with E-state index in [2.05, 4.69) is 60.5 Å². The minimum absolute atomic E-state index is 0.110. The fourth-order valence-corrected chi connectivity index (χ4v) is 3.54. The third-order valence-electron chi connectivity index (χ3n) is 4.67. The number of rotatable bonds is 7. The molecule has 0 radical (unpaired) electrons. The van der Waals surface area contributed by atoms with Gasteiger partial charge in [-0.25, -0.2) is 5.43 Å². The summed E-state index contributed by atoms with van der Waals surface area (Å²) in [6.07, 6.45) is 1.60. The van der Waals surface area contributed by atoms with Crippen molar-refractivity contribution in [2.75, 3.05) is 39.8 Å². The minimum atomic E-state index is -0.110. The van der Waals surface area contributed by atoms with Crippen LogP contribution >= 0.6 is 15.9 Å². The number of benzene rings is 2. The molecular formula is C21H25BrN4O2. The third kappa shape index (κ3) is 6.15. The summed E-state index contributed by atoms with van der Waals surface area (Å²) in [7, 11) is 1.61. The molecule has 0 aromatic heterocycles. The SMILES string of the molecule is COc1ccc(Br)cc1/C=N/NC(=O)CN1CCN(Cc2ccccc2)CC1. The Labute approximate surface area is 174 Å². The second-order valence-electron chi connectivity index (χ2n) is 6.72. The van der Waals surface area contributed by atoms with Crippen molar-refractivity contribution in [3.05, 3.63) is 64.1 Å². The molecule has 3 rings (SSSR count). The molecule has 6 nitrogen and oxygen atoms in total. The Morgan fingerprint density at radius 1 is 1.14 bits per heavy atom. The van der Waals surface area contributed by atoms with Gasteiger partial charge in [0.2, 0.25) is 0 Å². The molecule has 1 saturated heterocycles. The number of nitrogens with zero attached hydrogens (tertiary/aromatic N) is 3. The van der Waals surface area contributed by atoms with Crippen molar-refractivity contribution in [1.82, 2.24) is 15.2 Å². The summed E-state index contributed by atoms with van der Waals surface area (Å²) in [4.78, 5) is 16.8. The van der Waals surface area contributed by atoms with Gasteiger partial charge in [-0.15, -0.1) is 0 Å². The largest absolute Gasteiger partial charge is 0.496 e. The minimum Gasteiger partial charge on any atom is -0.496 e. The molecule has 0 saturated carbocycles. The highest BCUT2D eigenvalue weighted by Gasteiger charge is 2.18. The van der Waals surface area contributed by atoms with E-state index in [9.17, 15) is 4.79 Å². The maximum Gasteiger partial charge on any atom is 0.254 e. The van der Waals surface area contributed by atoms with Gasteiger partial charge >= 0.3 is 0 Å². The van der Waals surface area contributed by atoms with Gasteiger partial charge in [0.15, 0.2) is 0 Å². The van der Waals surface area contributed by atoms with Gasteiger partial charge < -0.3 is 4.74 Å². The summed E-state index contributed by atoms with van der Waals surface area (Å²) >= 11 is 3.42. The Balaban J connectivity index is 1.42. The molecule has 1 aliphatic heterocycles. The molecular weight excluding hydrogens is 420 g/mol. The van der Waals surface area contributed by atoms with Gasteiger partial charge in [0.05, 0.1) is 19.9 Å². The molecule has 148 valence electrons. The maximum absolute atomic E-state index is 12.2. The summed E-state index contributed by atoms with van der Waals surface area (Å²) in [5.74, 6) is 0.595. The van der Waals surface area contributed by atoms with E-state index in [0.717, 1.165) is 42.8 Å². The molecule has 1 fully saturated rings. The van der Waals surface area contributed by atoms with Crippen molar-refractivity contribution in [1.29, 1.82) is 0 Å². The van der Waals surface area contributed by atoms with Crippen molar-refractivity contribution >= 4 is 28.1 Å². The van der Waals surface area contributed by atoms with Crippen molar-refractivity contribution in [3.8, 4) is 5.75 Å². The monoisotopic (exact) mass is 444 g/mol. The number of carbonyl (C=O) groups excluding carboxylic acids is 1. The van der Waals surface area contributed by atoms with E-state index in [0.29, 0.717) is 12.3 Å². The first-order valence-corrected chi connectivity index (χ1v) is 10.1. The molecule has 7 heteroatoms. The van der Waals surface area contributed by atoms with Crippen molar-refractivity contribution in [2.24, 2.45) is 5.10 Å². The molecule has 0 aliphatic carbocycles. The van der Waals surface area contributed by atoms with Gasteiger partial charge in [-0.3, -0.25) is 14.6 Å². The topological polar surface area (TPSA) is 57.2 Å². The average Bonchev–Trinajstić information content (AvgIpc) is 2.70. The van der Waals surface area contributed by atoms with Gasteiger partial charge in [0.1, 0.15) is 5.75 Å². The molecule has 0 atom stereocenters. The number of amides is 1. The average molecular weight is 445 g/mol. The Hall–Kier alpha value is -2.22. The van der Waals surface area contributed by atoms with Crippen LogP contribution in [-0.4, -0.2) is 61.8 Å². The van der Waals surface area contributed by atoms with Gasteiger partial charge in [0.25, 0.3) is 5.91 Å². The smallest absolute Gasteiger partial charge is 0.254 e. The van der Waals surface area contributed by atoms with Crippen LogP contribution in [-0.2, 0) is 11.3 Å². The normalized spacial score (nSPS) is 15.6. The number of hydrogen-bond acceptors (Lipinski definition) is 5. The van der Waals surface area contributed by atoms with E-state index in [4.69, 9.17) is 4.74 Å². The number of hydrogen-bond donors (Lipinski definition) is 1. The van der Waals surface area contributed by atoms with E-state index in [1.165, 1.54) is 5.56 Å². The fourth-order valence-electron chi connectivity index (χ4n) is 3.17. The maximum atomic E-state index is 12.2. The van der Waals surface area contributed by atoms with Gasteiger partial charge in [-0.05, 0) is 23.8 Å². The lowest BCUT2D eigenvalue weighted by atomic mass is 10.2. The first kappa shape index (κ1) is 20.5. The third-order valence-corrected chi connectivity index (χ3v) is 5.16. The van der Waals surface area contributed by atoms with E-state index in [1.54, 1.807) is 13.3 Å². The summed E-state index contributed by atoms with van der Waals surface area (Å²) in [5.41, 5.74) is 4.73. The highest BCUT2D eigenvalue weighted by molar-refractivity contribution is 9.10. The summed E-state index contributed by atoms with van der Waals surface area (Å²) < 4.78 is 6.22. The highest BCUT2D eigenvalue weighted by atomic mass is 79.9. The number of halogens is 1. The lowest BCUT2D eigenvalue weighted by Gasteiger charge is -2.34. The zero-order valence-corrected chi connectivity index (χ0v) is 17.6. The molecule has 2 aromatic rings. The number of nitrogens with one attached hydrogen (secondary N) is 1. The quantitative estimate of drug-likeness (QED) is 0.526. The fraction of sp³-hybridized carbons (Fsp3) is 0.333. The van der Waals surface area contributed by atoms with Crippen LogP contribution < -0.4 is 10.2 Å². The number of carbonyl (C=O) groups is 1. The van der Waals surface area contributed by atoms with Crippen LogP contribution in [0.4, 0.5) is 0 Å². The number of ether oxygens (including phenoxy) is 1. The second kappa shape index (κ2) is 10.4. The second-order valence-corrected chi connectivity index (χ2v) is 7.63. The molecule has 0 spiro atoms. The van der Waals surface area contributed by atoms with Crippen LogP contribution in [0.5, 0.6) is 5.75 Å². The molecule has 2 aromatic carbocycles. The molecule has 1 N–H and O–H groups in total. The number of methoxy groups -OCH3 is 1. The zero-order chi connectivity index (χ0) is 19.8. The molecule has 28 heavy (non-hydrogen) atoms. The molecule has 1 aliphatic rings. The van der Waals surface area contributed by atoms with Crippen LogP contribution in [0.25, 0.3) is 0 Å². The predicted octanol–water partition coefficient (Wildman–Crippen LogP) is 2.73. The van der Waals surface area contributed by atoms with Crippen LogP contribution in [0, 0.1) is 0 Å². The lowest BCUT2D eigenvalue weighted by molar-refractivity contribution is -0.122. The molecule has 1 heterocycles. The van der Waals surface area contributed by atoms with Gasteiger partial charge in [-0.2, -0.15) is 5.10 Å². The number of piperazine rings is 1. The first-order chi connectivity index (χ1) is 13.6. The lowest BCUT2D eigenvalue weighted by Crippen LogP contribution is -2.48. The van der Waals surface area contributed by atoms with Crippen LogP contribution in [0.2, 0.25) is 0 Å². The molecule has 0 unspecified atom stereocenters. The Morgan fingerprint density at radius 3 is 2.57 bits per heavy atom. The zero-order valence-electron chi connectivity index (χ0n) is 16.0. The van der Waals surface area contributed by atoms with Crippen LogP contribution in [0.1, 0.15) is 11.1 Å². The molecule has 1 amide bonds. The van der Waals surface area contributed by atoms with Crippen LogP contribution in [0.3, 0.4) is 0 Å². The first-order valence-electron chi connectivity index (χ1n) is 9.28. The number of hydrazone groups is 1. The Bertz CT molecular complexity index is 805. The summed E-state index contributed by atoms with van der Waals surface area (Å²) in [5, 5.41) is 4.07. The van der Waals surface area contributed by atoms with Crippen molar-refractivity contribution in [3.63, 3.8) is 0 Å². The van der Waals surface area contributed by atoms with E-state index < -0.39 is 0 Å². The summed E-state index contributed by atoms with van der Waals surface area (Å²) in [6, 6.07) is 16.1. The van der Waals surface area contributed by atoms with Gasteiger partial charge in [0, 0.05) is 42.8 Å². The van der Waals surface area contributed by atoms with Crippen molar-refractivity contribution in [2.45, 2.75) is 6.54 Å². The van der Waals surface area contributed by atoms with E-state index in [1.807, 2.05) is 24.3 Å². The molecule has 0 bridgehead atoms. The van der Waals surface area contributed by atoms with Crippen molar-refractivity contribution < 1.29 is 9.53 Å². The van der Waals surface area contributed by atoms with E-state index in [-0.39, 0.29) is 5.91 Å². The predicted molar refractivity (Wildman–Crippen MR) is 115 cm³/mol. The van der Waals surface area contributed by atoms with E-state index >= 15 is 0 Å². The van der Waals surface area contributed by atoms with Crippen LogP contribution in [0.15, 0.2) is 58.1 Å². The standard InChI is InChI=1S/C21H25BrN4O2/c1-28-20-8-7-19(22)13-18(20)14-23-24-21(27)16-26-11-9-25(10-12-26)15-17-5-3-2-4-6-17/h2-8,13-14H,9-12,15-16H2,1H3,(H,24,27)/b23-14+. The Kier molecular flexibility index (Phi) is 7.59.